The minimum Gasteiger partial charge on any atom is -0.481 e. The average molecular weight is 652 g/mol. The summed E-state index contributed by atoms with van der Waals surface area (Å²) in [6.45, 7) is 3.31. The smallest absolute Gasteiger partial charge is 0.304 e. The van der Waals surface area contributed by atoms with Crippen LogP contribution in [0.4, 0.5) is 5.69 Å². The number of amides is 3. The molecule has 1 atom stereocenters. The third-order valence-electron chi connectivity index (χ3n) is 5.58. The van der Waals surface area contributed by atoms with Gasteiger partial charge in [-0.05, 0) is 30.3 Å². The predicted octanol–water partition coefficient (Wildman–Crippen LogP) is 2.63. The third kappa shape index (κ3) is 18.5. The second kappa shape index (κ2) is 23.3. The van der Waals surface area contributed by atoms with Gasteiger partial charge in [-0.15, -0.1) is 0 Å². The molecule has 1 unspecified atom stereocenters. The van der Waals surface area contributed by atoms with Crippen LogP contribution in [-0.2, 0) is 38.1 Å². The monoisotopic (exact) mass is 651 g/mol. The van der Waals surface area contributed by atoms with Crippen LogP contribution in [0.2, 0.25) is 0 Å². The first kappa shape index (κ1) is 37.0. The summed E-state index contributed by atoms with van der Waals surface area (Å²) in [6.07, 6.45) is -0.0824. The molecule has 12 nitrogen and oxygen atoms in total. The van der Waals surface area contributed by atoms with E-state index in [1.54, 1.807) is 11.8 Å². The molecular formula is C30H41N3O9S2. The van der Waals surface area contributed by atoms with Gasteiger partial charge in [0.15, 0.2) is 0 Å². The molecular weight excluding hydrogens is 610 g/mol. The van der Waals surface area contributed by atoms with Gasteiger partial charge in [0.1, 0.15) is 0 Å². The van der Waals surface area contributed by atoms with Gasteiger partial charge in [0.25, 0.3) is 0 Å². The maximum atomic E-state index is 12.2. The summed E-state index contributed by atoms with van der Waals surface area (Å²) in [6, 6.07) is 17.8. The fraction of sp³-hybridized carbons (Fsp3) is 0.467. The van der Waals surface area contributed by atoms with Crippen LogP contribution in [0.3, 0.4) is 0 Å². The molecule has 0 spiro atoms. The highest BCUT2D eigenvalue weighted by Gasteiger charge is 2.17. The average Bonchev–Trinajstić information content (AvgIpc) is 2.99. The van der Waals surface area contributed by atoms with E-state index in [1.165, 1.54) is 0 Å². The van der Waals surface area contributed by atoms with Crippen molar-refractivity contribution in [3.63, 3.8) is 0 Å². The number of carbonyl (C=O) groups excluding carboxylic acids is 3. The Bertz CT molecular complexity index is 1140. The lowest BCUT2D eigenvalue weighted by atomic mass is 10.3. The first-order chi connectivity index (χ1) is 21.3. The SMILES string of the molecule is O=C(O)CC(S)C(=O)NCCC(=O)NCCOCCOCCOCCOCCC(=O)Nc1cccc(Sc2ccccc2)c1. The molecule has 0 fully saturated rings. The highest BCUT2D eigenvalue weighted by Crippen LogP contribution is 2.29. The Kier molecular flexibility index (Phi) is 19.6. The van der Waals surface area contributed by atoms with Crippen LogP contribution >= 0.6 is 24.4 Å². The zero-order valence-electron chi connectivity index (χ0n) is 24.5. The molecule has 0 saturated heterocycles. The van der Waals surface area contributed by atoms with E-state index in [1.807, 2.05) is 54.6 Å². The quantitative estimate of drug-likeness (QED) is 0.0843. The van der Waals surface area contributed by atoms with Crippen LogP contribution in [0, 0.1) is 0 Å². The van der Waals surface area contributed by atoms with Crippen LogP contribution in [0.5, 0.6) is 0 Å². The lowest BCUT2D eigenvalue weighted by Gasteiger charge is -2.10. The van der Waals surface area contributed by atoms with Crippen LogP contribution in [0.15, 0.2) is 64.4 Å². The maximum absolute atomic E-state index is 12.2. The molecule has 0 aliphatic heterocycles. The van der Waals surface area contributed by atoms with Crippen molar-refractivity contribution in [3.05, 3.63) is 54.6 Å². The lowest BCUT2D eigenvalue weighted by Crippen LogP contribution is -2.36. The molecule has 0 bridgehead atoms. The van der Waals surface area contributed by atoms with Gasteiger partial charge in [0, 0.05) is 35.0 Å². The van der Waals surface area contributed by atoms with E-state index in [4.69, 9.17) is 24.1 Å². The zero-order chi connectivity index (χ0) is 31.8. The number of carbonyl (C=O) groups is 4. The highest BCUT2D eigenvalue weighted by molar-refractivity contribution is 7.99. The van der Waals surface area contributed by atoms with Crippen molar-refractivity contribution in [2.75, 3.05) is 71.3 Å². The molecule has 44 heavy (non-hydrogen) atoms. The summed E-state index contributed by atoms with van der Waals surface area (Å²) in [5.41, 5.74) is 0.746. The molecule has 2 aromatic carbocycles. The Hall–Kier alpha value is -3.14. The van der Waals surface area contributed by atoms with E-state index in [-0.39, 0.29) is 37.6 Å². The Morgan fingerprint density at radius 1 is 0.705 bits per heavy atom. The Balaban J connectivity index is 1.35. The topological polar surface area (TPSA) is 162 Å². The Morgan fingerprint density at radius 2 is 1.32 bits per heavy atom. The summed E-state index contributed by atoms with van der Waals surface area (Å²) in [5.74, 6) is -2.03. The summed E-state index contributed by atoms with van der Waals surface area (Å²) < 4.78 is 21.7. The maximum Gasteiger partial charge on any atom is 0.304 e. The molecule has 0 heterocycles. The minimum absolute atomic E-state index is 0.0625. The number of benzene rings is 2. The van der Waals surface area contributed by atoms with Gasteiger partial charge < -0.3 is 40.0 Å². The standard InChI is InChI=1S/C30H41N3O9S2/c34-27(9-11-32-30(38)26(43)22-29(36)37)31-12-14-40-16-18-42-20-19-41-17-15-39-13-10-28(35)33-23-5-4-8-25(21-23)44-24-6-2-1-3-7-24/h1-8,21,26,43H,9-20,22H2,(H,31,34)(H,32,38)(H,33,35)(H,36,37). The molecule has 0 aromatic heterocycles. The van der Waals surface area contributed by atoms with Gasteiger partial charge in [-0.25, -0.2) is 0 Å². The molecule has 0 saturated carbocycles. The highest BCUT2D eigenvalue weighted by atomic mass is 32.2. The Morgan fingerprint density at radius 3 is 1.98 bits per heavy atom. The molecule has 0 aliphatic carbocycles. The summed E-state index contributed by atoms with van der Waals surface area (Å²) in [5, 5.41) is 15.7. The van der Waals surface area contributed by atoms with Gasteiger partial charge in [-0.2, -0.15) is 12.6 Å². The van der Waals surface area contributed by atoms with Crippen LogP contribution in [0.25, 0.3) is 0 Å². The first-order valence-electron chi connectivity index (χ1n) is 14.2. The van der Waals surface area contributed by atoms with Gasteiger partial charge in [-0.3, -0.25) is 19.2 Å². The van der Waals surface area contributed by atoms with E-state index in [9.17, 15) is 19.2 Å². The lowest BCUT2D eigenvalue weighted by molar-refractivity contribution is -0.138. The van der Waals surface area contributed by atoms with Gasteiger partial charge in [-0.1, -0.05) is 36.0 Å². The Labute approximate surface area is 267 Å². The third-order valence-corrected chi connectivity index (χ3v) is 6.99. The first-order valence-corrected chi connectivity index (χ1v) is 15.5. The van der Waals surface area contributed by atoms with Crippen molar-refractivity contribution >= 4 is 53.8 Å². The van der Waals surface area contributed by atoms with E-state index in [2.05, 4.69) is 28.6 Å². The molecule has 3 amide bonds. The number of hydrogen-bond acceptors (Lipinski definition) is 10. The number of carboxylic acids is 1. The summed E-state index contributed by atoms with van der Waals surface area (Å²) in [7, 11) is 0. The molecule has 2 aromatic rings. The zero-order valence-corrected chi connectivity index (χ0v) is 26.2. The molecule has 2 rings (SSSR count). The van der Waals surface area contributed by atoms with Crippen LogP contribution < -0.4 is 16.0 Å². The minimum atomic E-state index is -1.12. The van der Waals surface area contributed by atoms with Gasteiger partial charge in [0.2, 0.25) is 17.7 Å². The second-order valence-electron chi connectivity index (χ2n) is 9.20. The van der Waals surface area contributed by atoms with E-state index >= 15 is 0 Å². The van der Waals surface area contributed by atoms with Crippen molar-refractivity contribution in [3.8, 4) is 0 Å². The van der Waals surface area contributed by atoms with Gasteiger partial charge in [0.05, 0.1) is 70.9 Å². The van der Waals surface area contributed by atoms with Crippen molar-refractivity contribution in [1.29, 1.82) is 0 Å². The second-order valence-corrected chi connectivity index (χ2v) is 11.0. The van der Waals surface area contributed by atoms with Crippen LogP contribution in [-0.4, -0.2) is 100.0 Å². The molecule has 4 N–H and O–H groups in total. The van der Waals surface area contributed by atoms with Crippen molar-refractivity contribution in [1.82, 2.24) is 10.6 Å². The van der Waals surface area contributed by atoms with Crippen molar-refractivity contribution in [2.24, 2.45) is 0 Å². The summed E-state index contributed by atoms with van der Waals surface area (Å²) in [4.78, 5) is 48.3. The molecule has 242 valence electrons. The fourth-order valence-corrected chi connectivity index (χ4v) is 4.58. The molecule has 14 heteroatoms. The number of anilines is 1. The number of hydrogen-bond donors (Lipinski definition) is 5. The van der Waals surface area contributed by atoms with Gasteiger partial charge >= 0.3 is 5.97 Å². The molecule has 0 radical (unpaired) electrons. The van der Waals surface area contributed by atoms with Crippen molar-refractivity contribution in [2.45, 2.75) is 34.3 Å². The number of carboxylic acid groups (broad SMARTS) is 1. The predicted molar refractivity (Wildman–Crippen MR) is 169 cm³/mol. The summed E-state index contributed by atoms with van der Waals surface area (Å²) >= 11 is 5.54. The van der Waals surface area contributed by atoms with E-state index in [0.717, 1.165) is 15.5 Å². The number of thiol groups is 1. The number of nitrogens with one attached hydrogen (secondary N) is 3. The number of aliphatic carboxylic acids is 1. The van der Waals surface area contributed by atoms with Crippen LogP contribution in [0.1, 0.15) is 19.3 Å². The largest absolute Gasteiger partial charge is 0.481 e. The normalized spacial score (nSPS) is 11.5. The fourth-order valence-electron chi connectivity index (χ4n) is 3.44. The number of rotatable bonds is 24. The number of ether oxygens (including phenoxy) is 4. The molecule has 0 aliphatic rings. The van der Waals surface area contributed by atoms with E-state index in [0.29, 0.717) is 59.4 Å². The van der Waals surface area contributed by atoms with Crippen molar-refractivity contribution < 1.29 is 43.2 Å². The van der Waals surface area contributed by atoms with E-state index < -0.39 is 17.1 Å².